The highest BCUT2D eigenvalue weighted by molar-refractivity contribution is 8.13. The Morgan fingerprint density at radius 3 is 2.01 bits per heavy atom. The van der Waals surface area contributed by atoms with Crippen molar-refractivity contribution in [2.24, 2.45) is 0 Å². The van der Waals surface area contributed by atoms with Crippen LogP contribution in [0.2, 0.25) is 0 Å². The molecule has 20 heteroatoms. The summed E-state index contributed by atoms with van der Waals surface area (Å²) in [5.74, 6) is 1.98. The second-order valence-electron chi connectivity index (χ2n) is 19.0. The summed E-state index contributed by atoms with van der Waals surface area (Å²) in [4.78, 5) is 53.1. The molecule has 1 aliphatic rings. The van der Waals surface area contributed by atoms with Crippen molar-refractivity contribution in [1.82, 2.24) is 29.5 Å². The number of carbonyl (C=O) groups excluding carboxylic acids is 3. The predicted molar refractivity (Wildman–Crippen MR) is 295 cm³/mol. The summed E-state index contributed by atoms with van der Waals surface area (Å²) in [7, 11) is 2.92. The molecule has 410 valence electrons. The lowest BCUT2D eigenvalue weighted by atomic mass is 9.80. The van der Waals surface area contributed by atoms with Gasteiger partial charge < -0.3 is 47.5 Å². The van der Waals surface area contributed by atoms with E-state index in [2.05, 4.69) is 54.2 Å². The summed E-state index contributed by atoms with van der Waals surface area (Å²) >= 11 is 1.03. The molecule has 0 bridgehead atoms. The van der Waals surface area contributed by atoms with Crippen LogP contribution in [0.5, 0.6) is 17.2 Å². The number of ether oxygens (including phenoxy) is 7. The summed E-state index contributed by atoms with van der Waals surface area (Å²) in [5, 5.41) is 2.35. The number of methoxy groups -OCH3 is 3. The lowest BCUT2D eigenvalue weighted by Gasteiger charge is -2.39. The van der Waals surface area contributed by atoms with E-state index in [1.165, 1.54) is 12.4 Å². The Morgan fingerprint density at radius 1 is 0.818 bits per heavy atom. The molecule has 3 heterocycles. The normalized spacial score (nSPS) is 17.1. The van der Waals surface area contributed by atoms with Crippen LogP contribution in [0.25, 0.3) is 11.2 Å². The van der Waals surface area contributed by atoms with Gasteiger partial charge in [-0.1, -0.05) is 97.2 Å². The Labute approximate surface area is 456 Å². The molecule has 4 aromatic carbocycles. The highest BCUT2D eigenvalue weighted by Crippen LogP contribution is 2.51. The minimum Gasteiger partial charge on any atom is -0.497 e. The van der Waals surface area contributed by atoms with Crippen molar-refractivity contribution in [1.29, 1.82) is 0 Å². The molecule has 1 amide bonds. The Morgan fingerprint density at radius 2 is 1.43 bits per heavy atom. The third kappa shape index (κ3) is 14.3. The second kappa shape index (κ2) is 27.3. The van der Waals surface area contributed by atoms with Gasteiger partial charge in [-0.15, -0.1) is 0 Å². The van der Waals surface area contributed by atoms with E-state index in [0.29, 0.717) is 34.1 Å². The number of imidazole rings is 1. The van der Waals surface area contributed by atoms with Gasteiger partial charge in [-0.3, -0.25) is 14.2 Å². The van der Waals surface area contributed by atoms with Gasteiger partial charge in [0.2, 0.25) is 5.12 Å². The molecule has 77 heavy (non-hydrogen) atoms. The van der Waals surface area contributed by atoms with E-state index in [4.69, 9.17) is 47.2 Å². The monoisotopic (exact) mass is 1090 g/mol. The van der Waals surface area contributed by atoms with Crippen LogP contribution in [-0.2, 0) is 49.6 Å². The molecule has 0 spiro atoms. The van der Waals surface area contributed by atoms with Gasteiger partial charge in [-0.25, -0.2) is 24.4 Å². The molecule has 1 aliphatic heterocycles. The van der Waals surface area contributed by atoms with Gasteiger partial charge in [0.1, 0.15) is 71.8 Å². The van der Waals surface area contributed by atoms with E-state index >= 15 is 0 Å². The number of nitrogens with zero attached hydrogens (tertiary/aromatic N) is 5. The number of ketones is 1. The largest absolute Gasteiger partial charge is 0.497 e. The third-order valence-electron chi connectivity index (χ3n) is 12.6. The van der Waals surface area contributed by atoms with E-state index in [1.54, 1.807) is 58.2 Å². The fraction of sp³-hybridized carbons (Fsp3) is 0.404. The first-order valence-corrected chi connectivity index (χ1v) is 27.4. The van der Waals surface area contributed by atoms with Crippen molar-refractivity contribution in [3.63, 3.8) is 0 Å². The molecule has 1 fully saturated rings. The average Bonchev–Trinajstić information content (AvgIpc) is 4.15. The van der Waals surface area contributed by atoms with Gasteiger partial charge in [0.25, 0.3) is 8.53 Å². The molecule has 7 rings (SSSR count). The molecule has 2 aromatic heterocycles. The number of hydrogen-bond acceptors (Lipinski definition) is 17. The quantitative estimate of drug-likeness (QED) is 0.0211. The minimum absolute atomic E-state index is 0.00818. The average molecular weight is 1090 g/mol. The van der Waals surface area contributed by atoms with Crippen LogP contribution in [0.4, 0.5) is 4.79 Å². The molecule has 0 radical (unpaired) electrons. The highest BCUT2D eigenvalue weighted by Gasteiger charge is 2.51. The third-order valence-corrected chi connectivity index (χ3v) is 15.9. The number of nitrogens with one attached hydrogen (secondary N) is 1. The Kier molecular flexibility index (Phi) is 20.7. The van der Waals surface area contributed by atoms with Crippen molar-refractivity contribution in [3.05, 3.63) is 157 Å². The van der Waals surface area contributed by atoms with Crippen LogP contribution in [-0.4, -0.2) is 131 Å². The second-order valence-corrected chi connectivity index (χ2v) is 21.5. The van der Waals surface area contributed by atoms with Crippen molar-refractivity contribution in [2.45, 2.75) is 95.7 Å². The summed E-state index contributed by atoms with van der Waals surface area (Å²) in [6, 6.07) is 34.5. The number of para-hydroxylation sites is 1. The maximum absolute atomic E-state index is 13.5. The Bertz CT molecular complexity index is 2800. The minimum atomic E-state index is -1.92. The topological polar surface area (TPSA) is 193 Å². The van der Waals surface area contributed by atoms with Crippen molar-refractivity contribution < 1.29 is 56.6 Å². The zero-order chi connectivity index (χ0) is 55.1. The van der Waals surface area contributed by atoms with Crippen LogP contribution in [0.15, 0.2) is 135 Å². The fourth-order valence-electron chi connectivity index (χ4n) is 9.00. The number of rotatable bonds is 28. The first-order chi connectivity index (χ1) is 37.1. The zero-order valence-electron chi connectivity index (χ0n) is 45.0. The van der Waals surface area contributed by atoms with Gasteiger partial charge in [-0.05, 0) is 94.6 Å². The number of fused-ring (bicyclic) bond motifs is 1. The highest BCUT2D eigenvalue weighted by atomic mass is 32.2. The first-order valence-electron chi connectivity index (χ1n) is 25.3. The lowest BCUT2D eigenvalue weighted by Crippen LogP contribution is -2.49. The molecule has 0 aliphatic carbocycles. The van der Waals surface area contributed by atoms with Crippen LogP contribution in [0.1, 0.15) is 70.2 Å². The standard InChI is InChI=1S/C57H69N6O12PS/c1-11-30-70-55(66)61-56(6,7)54(65)77-32-31-73-76(63(38(2)3)39(4)5)75-50-48(35-72-57(40-18-14-12-15-19-40,41-22-26-44(67-8)27-23-41)42-24-28-45(68-9)29-25-42)74-53(51(50)69-10)62-37-60-49-47(58-36-59-52(49)62)33-43(64)34-71-46-20-16-13-17-21-46/h11-29,36-39,48,50-51,53H,1,30-35H2,2-10H3,(H,61,66). The molecule has 6 aromatic rings. The molecule has 18 nitrogen and oxygen atoms in total. The van der Waals surface area contributed by atoms with Gasteiger partial charge in [-0.2, -0.15) is 0 Å². The summed E-state index contributed by atoms with van der Waals surface area (Å²) in [5.41, 5.74) is 1.25. The number of carbonyl (C=O) groups is 3. The number of alkyl carbamates (subject to hydrolysis) is 1. The fourth-order valence-corrected chi connectivity index (χ4v) is 11.7. The lowest BCUT2D eigenvalue weighted by molar-refractivity contribution is -0.120. The molecule has 5 atom stereocenters. The zero-order valence-corrected chi connectivity index (χ0v) is 46.7. The Balaban J connectivity index is 1.26. The van der Waals surface area contributed by atoms with E-state index in [9.17, 15) is 14.4 Å². The SMILES string of the molecule is C=CCOC(=O)NC(C)(C)C(=O)SCCOP(OC1C(COC(c2ccccc2)(c2ccc(OC)cc2)c2ccc(OC)cc2)OC(n2cnc3c(CC(=O)COc4ccccc4)ncnc32)C1OC)N(C(C)C)C(C)C. The van der Waals surface area contributed by atoms with Crippen LogP contribution < -0.4 is 19.5 Å². The molecule has 1 N–H and O–H groups in total. The predicted octanol–water partition coefficient (Wildman–Crippen LogP) is 9.65. The van der Waals surface area contributed by atoms with Gasteiger partial charge >= 0.3 is 6.09 Å². The van der Waals surface area contributed by atoms with Crippen molar-refractivity contribution in [2.75, 3.05) is 53.5 Å². The smallest absolute Gasteiger partial charge is 0.408 e. The Hall–Kier alpha value is -6.28. The molecular weight excluding hydrogens is 1020 g/mol. The number of hydrogen-bond donors (Lipinski definition) is 1. The molecule has 5 unspecified atom stereocenters. The number of aromatic nitrogens is 4. The molecular formula is C57H69N6O12PS. The van der Waals surface area contributed by atoms with Crippen molar-refractivity contribution >= 4 is 48.4 Å². The van der Waals surface area contributed by atoms with Gasteiger partial charge in [0, 0.05) is 24.9 Å². The van der Waals surface area contributed by atoms with Crippen LogP contribution >= 0.6 is 20.3 Å². The van der Waals surface area contributed by atoms with Gasteiger partial charge in [0.15, 0.2) is 17.7 Å². The number of Topliss-reactive ketones (excluding diaryl/α,β-unsaturated/α-hetero) is 1. The van der Waals surface area contributed by atoms with Crippen molar-refractivity contribution in [3.8, 4) is 17.2 Å². The summed E-state index contributed by atoms with van der Waals surface area (Å²) in [6.45, 7) is 15.0. The summed E-state index contributed by atoms with van der Waals surface area (Å²) in [6.07, 6.45) is 0.224. The summed E-state index contributed by atoms with van der Waals surface area (Å²) < 4.78 is 61.1. The maximum Gasteiger partial charge on any atom is 0.408 e. The number of amides is 1. The van der Waals surface area contributed by atoms with E-state index in [-0.39, 0.29) is 61.6 Å². The molecule has 0 saturated carbocycles. The number of thioether (sulfide) groups is 1. The van der Waals surface area contributed by atoms with E-state index in [1.807, 2.05) is 97.1 Å². The van der Waals surface area contributed by atoms with E-state index < -0.39 is 50.3 Å². The maximum atomic E-state index is 13.5. The number of benzene rings is 4. The van der Waals surface area contributed by atoms with Gasteiger partial charge in [0.05, 0.1) is 45.9 Å². The van der Waals surface area contributed by atoms with E-state index in [0.717, 1.165) is 28.5 Å². The van der Waals surface area contributed by atoms with Crippen LogP contribution in [0.3, 0.4) is 0 Å². The first kappa shape index (κ1) is 58.4. The van der Waals surface area contributed by atoms with Crippen LogP contribution in [0, 0.1) is 0 Å². The molecule has 1 saturated heterocycles.